The summed E-state index contributed by atoms with van der Waals surface area (Å²) in [5.41, 5.74) is 8.12. The van der Waals surface area contributed by atoms with E-state index in [-0.39, 0.29) is 0 Å². The number of benzene rings is 1. The highest BCUT2D eigenvalue weighted by Gasteiger charge is 1.99. The van der Waals surface area contributed by atoms with Gasteiger partial charge in [0, 0.05) is 18.0 Å². The third kappa shape index (κ3) is 1.44. The van der Waals surface area contributed by atoms with Crippen molar-refractivity contribution in [3.05, 3.63) is 36.0 Å². The number of hydrogen-bond acceptors (Lipinski definition) is 3. The number of nitrogens with zero attached hydrogens (tertiary/aromatic N) is 1. The van der Waals surface area contributed by atoms with Crippen LogP contribution in [0.5, 0.6) is 0 Å². The summed E-state index contributed by atoms with van der Waals surface area (Å²) in [5.74, 6) is 0. The second-order valence-corrected chi connectivity index (χ2v) is 3.13. The number of nitrogens with two attached hydrogens (primary N) is 1. The fourth-order valence-corrected chi connectivity index (χ4v) is 1.44. The zero-order valence-electron chi connectivity index (χ0n) is 7.60. The average Bonchev–Trinajstić information content (AvgIpc) is 2.18. The lowest BCUT2D eigenvalue weighted by molar-refractivity contribution is -0.107. The molecular weight excluding hydrogens is 176 g/mol. The van der Waals surface area contributed by atoms with Gasteiger partial charge in [-0.25, -0.2) is 0 Å². The molecule has 3 heteroatoms. The molecule has 0 unspecified atom stereocenters. The summed E-state index contributed by atoms with van der Waals surface area (Å²) in [4.78, 5) is 14.5. The normalized spacial score (nSPS) is 10.3. The van der Waals surface area contributed by atoms with Gasteiger partial charge in [-0.05, 0) is 17.7 Å². The maximum atomic E-state index is 10.3. The van der Waals surface area contributed by atoms with Crippen LogP contribution in [0.25, 0.3) is 10.9 Å². The highest BCUT2D eigenvalue weighted by atomic mass is 16.1. The van der Waals surface area contributed by atoms with Gasteiger partial charge in [-0.15, -0.1) is 0 Å². The van der Waals surface area contributed by atoms with E-state index in [1.54, 1.807) is 6.20 Å². The molecule has 2 rings (SSSR count). The van der Waals surface area contributed by atoms with E-state index >= 15 is 0 Å². The van der Waals surface area contributed by atoms with E-state index in [1.807, 2.05) is 24.3 Å². The Bertz CT molecular complexity index is 480. The maximum Gasteiger partial charge on any atom is 0.124 e. The number of rotatable bonds is 2. The van der Waals surface area contributed by atoms with E-state index in [0.717, 1.165) is 22.8 Å². The van der Waals surface area contributed by atoms with Crippen molar-refractivity contribution in [2.45, 2.75) is 6.42 Å². The molecule has 0 aliphatic heterocycles. The Morgan fingerprint density at radius 1 is 1.43 bits per heavy atom. The lowest BCUT2D eigenvalue weighted by Gasteiger charge is -2.01. The number of para-hydroxylation sites is 1. The van der Waals surface area contributed by atoms with Crippen molar-refractivity contribution in [3.8, 4) is 0 Å². The molecule has 70 valence electrons. The third-order valence-corrected chi connectivity index (χ3v) is 2.12. The predicted molar refractivity (Wildman–Crippen MR) is 55.9 cm³/mol. The summed E-state index contributed by atoms with van der Waals surface area (Å²) in [6, 6.07) is 7.57. The van der Waals surface area contributed by atoms with Crippen molar-refractivity contribution in [2.75, 3.05) is 5.73 Å². The van der Waals surface area contributed by atoms with E-state index in [2.05, 4.69) is 4.98 Å². The molecular formula is C11H10N2O. The molecule has 0 fully saturated rings. The molecule has 0 saturated heterocycles. The second-order valence-electron chi connectivity index (χ2n) is 3.13. The van der Waals surface area contributed by atoms with Crippen LogP contribution in [0.4, 0.5) is 5.69 Å². The van der Waals surface area contributed by atoms with Gasteiger partial charge >= 0.3 is 0 Å². The third-order valence-electron chi connectivity index (χ3n) is 2.12. The molecule has 0 saturated carbocycles. The van der Waals surface area contributed by atoms with Crippen molar-refractivity contribution in [2.24, 2.45) is 0 Å². The molecule has 0 atom stereocenters. The quantitative estimate of drug-likeness (QED) is 0.572. The molecule has 1 aromatic heterocycles. The lowest BCUT2D eigenvalue weighted by Crippen LogP contribution is -1.92. The van der Waals surface area contributed by atoms with Crippen LogP contribution in [0.2, 0.25) is 0 Å². The summed E-state index contributed by atoms with van der Waals surface area (Å²) in [6.45, 7) is 0. The number of pyridine rings is 1. The Labute approximate surface area is 81.6 Å². The van der Waals surface area contributed by atoms with Gasteiger partial charge in [-0.1, -0.05) is 12.1 Å². The Morgan fingerprint density at radius 3 is 3.07 bits per heavy atom. The minimum absolute atomic E-state index is 0.401. The molecule has 0 aliphatic rings. The van der Waals surface area contributed by atoms with Gasteiger partial charge in [0.25, 0.3) is 0 Å². The molecule has 1 heterocycles. The first-order valence-corrected chi connectivity index (χ1v) is 4.38. The van der Waals surface area contributed by atoms with Gasteiger partial charge < -0.3 is 10.5 Å². The van der Waals surface area contributed by atoms with E-state index in [9.17, 15) is 4.79 Å². The van der Waals surface area contributed by atoms with Crippen LogP contribution < -0.4 is 5.73 Å². The molecule has 0 bridgehead atoms. The molecule has 3 nitrogen and oxygen atoms in total. The number of fused-ring (bicyclic) bond motifs is 1. The van der Waals surface area contributed by atoms with Crippen molar-refractivity contribution in [3.63, 3.8) is 0 Å². The van der Waals surface area contributed by atoms with Crippen molar-refractivity contribution < 1.29 is 4.79 Å². The second kappa shape index (κ2) is 3.46. The fraction of sp³-hybridized carbons (Fsp3) is 0.0909. The van der Waals surface area contributed by atoms with Gasteiger partial charge in [0.15, 0.2) is 0 Å². The molecule has 2 N–H and O–H groups in total. The van der Waals surface area contributed by atoms with Crippen LogP contribution in [0.15, 0.2) is 30.5 Å². The molecule has 0 amide bonds. The van der Waals surface area contributed by atoms with E-state index in [4.69, 9.17) is 5.73 Å². The average molecular weight is 186 g/mol. The first-order valence-electron chi connectivity index (χ1n) is 4.38. The number of anilines is 1. The smallest absolute Gasteiger partial charge is 0.124 e. The zero-order valence-corrected chi connectivity index (χ0v) is 7.60. The fourth-order valence-electron chi connectivity index (χ4n) is 1.44. The van der Waals surface area contributed by atoms with Gasteiger partial charge in [-0.3, -0.25) is 4.98 Å². The summed E-state index contributed by atoms with van der Waals surface area (Å²) >= 11 is 0. The Morgan fingerprint density at radius 2 is 2.29 bits per heavy atom. The van der Waals surface area contributed by atoms with Crippen LogP contribution in [0.3, 0.4) is 0 Å². The SMILES string of the molecule is Nc1cccc2cc(CC=O)cnc12. The Balaban J connectivity index is 2.61. The largest absolute Gasteiger partial charge is 0.397 e. The van der Waals surface area contributed by atoms with Crippen LogP contribution in [0.1, 0.15) is 5.56 Å². The van der Waals surface area contributed by atoms with Crippen molar-refractivity contribution in [1.29, 1.82) is 0 Å². The summed E-state index contributed by atoms with van der Waals surface area (Å²) in [6.07, 6.45) is 2.96. The van der Waals surface area contributed by atoms with Crippen LogP contribution >= 0.6 is 0 Å². The van der Waals surface area contributed by atoms with Crippen LogP contribution in [-0.2, 0) is 11.2 Å². The number of carbonyl (C=O) groups excluding carboxylic acids is 1. The minimum atomic E-state index is 0.401. The number of aldehydes is 1. The van der Waals surface area contributed by atoms with Crippen molar-refractivity contribution in [1.82, 2.24) is 4.98 Å². The summed E-state index contributed by atoms with van der Waals surface area (Å²) in [5, 5.41) is 0.976. The predicted octanol–water partition coefficient (Wildman–Crippen LogP) is 1.56. The molecule has 0 aliphatic carbocycles. The molecule has 2 aromatic rings. The van der Waals surface area contributed by atoms with E-state index in [1.165, 1.54) is 0 Å². The highest BCUT2D eigenvalue weighted by Crippen LogP contribution is 2.18. The lowest BCUT2D eigenvalue weighted by atomic mass is 10.1. The van der Waals surface area contributed by atoms with Gasteiger partial charge in [0.2, 0.25) is 0 Å². The Kier molecular flexibility index (Phi) is 2.14. The number of hydrogen-bond donors (Lipinski definition) is 1. The summed E-state index contributed by atoms with van der Waals surface area (Å²) in [7, 11) is 0. The van der Waals surface area contributed by atoms with Gasteiger partial charge in [0.1, 0.15) is 6.29 Å². The van der Waals surface area contributed by atoms with Crippen molar-refractivity contribution >= 4 is 22.9 Å². The van der Waals surface area contributed by atoms with E-state index < -0.39 is 0 Å². The number of nitrogen functional groups attached to an aromatic ring is 1. The maximum absolute atomic E-state index is 10.3. The van der Waals surface area contributed by atoms with Crippen LogP contribution in [-0.4, -0.2) is 11.3 Å². The Hall–Kier alpha value is -1.90. The zero-order chi connectivity index (χ0) is 9.97. The number of carbonyl (C=O) groups is 1. The van der Waals surface area contributed by atoms with E-state index in [0.29, 0.717) is 12.1 Å². The molecule has 14 heavy (non-hydrogen) atoms. The van der Waals surface area contributed by atoms with Gasteiger partial charge in [0.05, 0.1) is 11.2 Å². The summed E-state index contributed by atoms with van der Waals surface area (Å²) < 4.78 is 0. The molecule has 1 aromatic carbocycles. The standard InChI is InChI=1S/C11H10N2O/c12-10-3-1-2-9-6-8(4-5-14)7-13-11(9)10/h1-3,5-7H,4,12H2. The topological polar surface area (TPSA) is 56.0 Å². The first-order chi connectivity index (χ1) is 6.81. The first kappa shape index (κ1) is 8.69. The monoisotopic (exact) mass is 186 g/mol. The molecule has 0 spiro atoms. The number of aromatic nitrogens is 1. The highest BCUT2D eigenvalue weighted by molar-refractivity contribution is 5.89. The van der Waals surface area contributed by atoms with Gasteiger partial charge in [-0.2, -0.15) is 0 Å². The van der Waals surface area contributed by atoms with Crippen LogP contribution in [0, 0.1) is 0 Å². The molecule has 0 radical (unpaired) electrons. The minimum Gasteiger partial charge on any atom is -0.397 e.